The maximum Gasteiger partial charge on any atom is 0.308 e. The van der Waals surface area contributed by atoms with Crippen molar-refractivity contribution in [3.63, 3.8) is 0 Å². The number of carbonyl (C=O) groups excluding carboxylic acids is 2. The molecule has 39 heavy (non-hydrogen) atoms. The van der Waals surface area contributed by atoms with Crippen LogP contribution in [0.3, 0.4) is 0 Å². The standard InChI is InChI=1S/C28H30ClF2N3O4S/c1-37-27(36)17-3-6-21(7-4-17)38-15-20-12-19(31)14-34(20)26(35)11-16-2-8-23(22(29)10-16)32-28-33-24-13-18(30)5-9-25(24)39-28/h2,5,8-10,13,17,19-21H,3-4,6-7,11-12,14-15H2,1H3,(H,32,33)/t17?,19-,20-,21?/m0/s1. The van der Waals surface area contributed by atoms with E-state index in [-0.39, 0.29) is 61.8 Å². The number of esters is 1. The summed E-state index contributed by atoms with van der Waals surface area (Å²) in [5, 5.41) is 4.15. The minimum atomic E-state index is -1.09. The minimum Gasteiger partial charge on any atom is -0.469 e. The van der Waals surface area contributed by atoms with Crippen LogP contribution in [0.15, 0.2) is 36.4 Å². The zero-order valence-electron chi connectivity index (χ0n) is 21.5. The molecule has 7 nitrogen and oxygen atoms in total. The van der Waals surface area contributed by atoms with Gasteiger partial charge in [0.25, 0.3) is 0 Å². The number of anilines is 2. The highest BCUT2D eigenvalue weighted by atomic mass is 35.5. The van der Waals surface area contributed by atoms with Crippen molar-refractivity contribution < 1.29 is 27.8 Å². The first-order chi connectivity index (χ1) is 18.8. The summed E-state index contributed by atoms with van der Waals surface area (Å²) in [5.41, 5.74) is 1.89. The lowest BCUT2D eigenvalue weighted by molar-refractivity contribution is -0.148. The van der Waals surface area contributed by atoms with Gasteiger partial charge in [-0.3, -0.25) is 9.59 Å². The number of aromatic nitrogens is 1. The molecule has 2 aromatic carbocycles. The number of rotatable bonds is 8. The van der Waals surface area contributed by atoms with Gasteiger partial charge >= 0.3 is 5.97 Å². The summed E-state index contributed by atoms with van der Waals surface area (Å²) < 4.78 is 39.5. The van der Waals surface area contributed by atoms with Crippen LogP contribution in [-0.2, 0) is 25.5 Å². The van der Waals surface area contributed by atoms with Crippen molar-refractivity contribution in [3.05, 3.63) is 52.8 Å². The molecule has 0 unspecified atom stereocenters. The molecule has 11 heteroatoms. The monoisotopic (exact) mass is 577 g/mol. The second kappa shape index (κ2) is 12.1. The molecule has 2 heterocycles. The quantitative estimate of drug-likeness (QED) is 0.328. The number of nitrogens with zero attached hydrogens (tertiary/aromatic N) is 2. The van der Waals surface area contributed by atoms with E-state index in [0.29, 0.717) is 39.8 Å². The molecule has 3 aromatic rings. The van der Waals surface area contributed by atoms with E-state index in [1.54, 1.807) is 29.2 Å². The average molecular weight is 578 g/mol. The van der Waals surface area contributed by atoms with Gasteiger partial charge in [0.1, 0.15) is 12.0 Å². The molecule has 0 spiro atoms. The van der Waals surface area contributed by atoms with Gasteiger partial charge in [0.2, 0.25) is 5.91 Å². The molecule has 1 N–H and O–H groups in total. The summed E-state index contributed by atoms with van der Waals surface area (Å²) in [4.78, 5) is 30.8. The minimum absolute atomic E-state index is 0.00480. The molecule has 1 aliphatic carbocycles. The molecule has 1 aliphatic heterocycles. The predicted octanol–water partition coefficient (Wildman–Crippen LogP) is 6.06. The maximum atomic E-state index is 14.3. The van der Waals surface area contributed by atoms with E-state index < -0.39 is 6.17 Å². The first-order valence-electron chi connectivity index (χ1n) is 13.0. The number of hydrogen-bond acceptors (Lipinski definition) is 7. The van der Waals surface area contributed by atoms with E-state index in [9.17, 15) is 18.4 Å². The number of nitrogens with one attached hydrogen (secondary N) is 1. The van der Waals surface area contributed by atoms with E-state index in [4.69, 9.17) is 21.1 Å². The van der Waals surface area contributed by atoms with Crippen LogP contribution in [-0.4, -0.2) is 60.3 Å². The molecule has 2 atom stereocenters. The number of alkyl halides is 1. The molecule has 1 amide bonds. The number of benzene rings is 2. The number of methoxy groups -OCH3 is 1. The Labute approximate surface area is 234 Å². The van der Waals surface area contributed by atoms with Crippen LogP contribution in [0.1, 0.15) is 37.7 Å². The zero-order valence-corrected chi connectivity index (χ0v) is 23.1. The van der Waals surface area contributed by atoms with Crippen LogP contribution in [0.5, 0.6) is 0 Å². The van der Waals surface area contributed by atoms with Crippen LogP contribution in [0.4, 0.5) is 19.6 Å². The third-order valence-electron chi connectivity index (χ3n) is 7.40. The van der Waals surface area contributed by atoms with Gasteiger partial charge in [0, 0.05) is 12.5 Å². The summed E-state index contributed by atoms with van der Waals surface area (Å²) in [6, 6.07) is 9.40. The number of fused-ring (bicyclic) bond motifs is 1. The topological polar surface area (TPSA) is 80.8 Å². The van der Waals surface area contributed by atoms with Crippen molar-refractivity contribution in [2.45, 2.75) is 56.8 Å². The summed E-state index contributed by atoms with van der Waals surface area (Å²) in [6.07, 6.45) is 2.15. The van der Waals surface area contributed by atoms with E-state index in [1.807, 2.05) is 0 Å². The lowest BCUT2D eigenvalue weighted by Crippen LogP contribution is -2.40. The van der Waals surface area contributed by atoms with Crippen LogP contribution < -0.4 is 5.32 Å². The molecule has 5 rings (SSSR count). The molecular formula is C28H30ClF2N3O4S. The fraction of sp³-hybridized carbons (Fsp3) is 0.464. The molecule has 2 aliphatic rings. The highest BCUT2D eigenvalue weighted by Gasteiger charge is 2.36. The smallest absolute Gasteiger partial charge is 0.308 e. The third kappa shape index (κ3) is 6.67. The Morgan fingerprint density at radius 2 is 1.97 bits per heavy atom. The van der Waals surface area contributed by atoms with Crippen molar-refractivity contribution in [1.82, 2.24) is 9.88 Å². The molecule has 1 aromatic heterocycles. The summed E-state index contributed by atoms with van der Waals surface area (Å²) >= 11 is 7.88. The SMILES string of the molecule is COC(=O)C1CCC(OC[C@@H]2C[C@H](F)CN2C(=O)Cc2ccc(Nc3nc4cc(F)ccc4s3)c(Cl)c2)CC1. The highest BCUT2D eigenvalue weighted by molar-refractivity contribution is 7.22. The second-order valence-electron chi connectivity index (χ2n) is 10.1. The Balaban J connectivity index is 1.16. The number of ether oxygens (including phenoxy) is 2. The number of carbonyl (C=O) groups is 2. The number of hydrogen-bond donors (Lipinski definition) is 1. The van der Waals surface area contributed by atoms with Crippen molar-refractivity contribution in [2.75, 3.05) is 25.6 Å². The Kier molecular flexibility index (Phi) is 8.64. The summed E-state index contributed by atoms with van der Waals surface area (Å²) in [5.74, 6) is -0.796. The number of amides is 1. The molecule has 0 bridgehead atoms. The van der Waals surface area contributed by atoms with Gasteiger partial charge in [-0.05, 0) is 55.5 Å². The normalized spacial score (nSPS) is 23.2. The van der Waals surface area contributed by atoms with Gasteiger partial charge in [-0.25, -0.2) is 13.8 Å². The van der Waals surface area contributed by atoms with Gasteiger partial charge in [-0.15, -0.1) is 0 Å². The van der Waals surface area contributed by atoms with Gasteiger partial charge < -0.3 is 19.7 Å². The van der Waals surface area contributed by atoms with E-state index in [0.717, 1.165) is 17.5 Å². The molecule has 208 valence electrons. The first kappa shape index (κ1) is 27.7. The predicted molar refractivity (Wildman–Crippen MR) is 147 cm³/mol. The van der Waals surface area contributed by atoms with Crippen LogP contribution in [0.2, 0.25) is 5.02 Å². The first-order valence-corrected chi connectivity index (χ1v) is 14.2. The molecule has 1 saturated carbocycles. The van der Waals surface area contributed by atoms with Crippen molar-refractivity contribution in [3.8, 4) is 0 Å². The van der Waals surface area contributed by atoms with Gasteiger partial charge in [0.15, 0.2) is 5.13 Å². The van der Waals surface area contributed by atoms with Crippen LogP contribution in [0, 0.1) is 11.7 Å². The van der Waals surface area contributed by atoms with Crippen LogP contribution in [0.25, 0.3) is 10.2 Å². The van der Waals surface area contributed by atoms with E-state index in [2.05, 4.69) is 10.3 Å². The Bertz CT molecular complexity index is 1350. The highest BCUT2D eigenvalue weighted by Crippen LogP contribution is 2.33. The van der Waals surface area contributed by atoms with Crippen molar-refractivity contribution >= 4 is 55.8 Å². The Morgan fingerprint density at radius 3 is 2.72 bits per heavy atom. The van der Waals surface area contributed by atoms with Crippen molar-refractivity contribution in [1.29, 1.82) is 0 Å². The average Bonchev–Trinajstić information content (AvgIpc) is 3.50. The fourth-order valence-corrected chi connectivity index (χ4v) is 6.43. The van der Waals surface area contributed by atoms with Crippen molar-refractivity contribution in [2.24, 2.45) is 5.92 Å². The summed E-state index contributed by atoms with van der Waals surface area (Å²) in [7, 11) is 1.40. The molecular weight excluding hydrogens is 548 g/mol. The maximum absolute atomic E-state index is 14.3. The number of thiazole rings is 1. The third-order valence-corrected chi connectivity index (χ3v) is 8.66. The number of likely N-dealkylation sites (tertiary alicyclic amines) is 1. The van der Waals surface area contributed by atoms with Gasteiger partial charge in [-0.2, -0.15) is 0 Å². The molecule has 2 fully saturated rings. The largest absolute Gasteiger partial charge is 0.469 e. The lowest BCUT2D eigenvalue weighted by atomic mass is 9.87. The number of halogens is 3. The van der Waals surface area contributed by atoms with E-state index >= 15 is 0 Å². The molecule has 0 radical (unpaired) electrons. The van der Waals surface area contributed by atoms with Crippen LogP contribution >= 0.6 is 22.9 Å². The Hall–Kier alpha value is -2.82. The Morgan fingerprint density at radius 1 is 1.18 bits per heavy atom. The van der Waals surface area contributed by atoms with Gasteiger partial charge in [-0.1, -0.05) is 29.0 Å². The lowest BCUT2D eigenvalue weighted by Gasteiger charge is -2.30. The fourth-order valence-electron chi connectivity index (χ4n) is 5.32. The van der Waals surface area contributed by atoms with E-state index in [1.165, 1.54) is 30.6 Å². The second-order valence-corrected chi connectivity index (χ2v) is 11.5. The zero-order chi connectivity index (χ0) is 27.5. The molecule has 1 saturated heterocycles. The summed E-state index contributed by atoms with van der Waals surface area (Å²) in [6.45, 7) is 0.322. The van der Waals surface area contributed by atoms with Gasteiger partial charge in [0.05, 0.1) is 65.7 Å².